The van der Waals surface area contributed by atoms with Crippen molar-refractivity contribution in [3.05, 3.63) is 23.2 Å². The van der Waals surface area contributed by atoms with Gasteiger partial charge in [0.05, 0.1) is 16.8 Å². The van der Waals surface area contributed by atoms with Crippen molar-refractivity contribution in [3.8, 4) is 0 Å². The second kappa shape index (κ2) is 4.98. The number of fused-ring (bicyclic) bond motifs is 1. The topological polar surface area (TPSA) is 49.0 Å². The molecule has 1 amide bonds. The lowest BCUT2D eigenvalue weighted by molar-refractivity contribution is -0.125. The lowest BCUT2D eigenvalue weighted by Crippen LogP contribution is -2.23. The van der Waals surface area contributed by atoms with Crippen molar-refractivity contribution in [2.45, 2.75) is 5.16 Å². The lowest BCUT2D eigenvalue weighted by Gasteiger charge is -2.08. The van der Waals surface area contributed by atoms with Crippen LogP contribution in [0.25, 0.3) is 11.0 Å². The fraction of sp³-hybridized carbons (Fsp3) is 0.273. The summed E-state index contributed by atoms with van der Waals surface area (Å²) in [6.07, 6.45) is 0. The number of H-pyrrole nitrogens is 1. The van der Waals surface area contributed by atoms with Gasteiger partial charge in [-0.3, -0.25) is 4.79 Å². The minimum absolute atomic E-state index is 0.0634. The van der Waals surface area contributed by atoms with E-state index >= 15 is 0 Å². The Kier molecular flexibility index (Phi) is 3.59. The van der Waals surface area contributed by atoms with Crippen molar-refractivity contribution >= 4 is 40.3 Å². The molecule has 2 aromatic rings. The van der Waals surface area contributed by atoms with Gasteiger partial charge in [-0.15, -0.1) is 0 Å². The van der Waals surface area contributed by atoms with Crippen LogP contribution in [0.2, 0.25) is 5.02 Å². The van der Waals surface area contributed by atoms with Gasteiger partial charge in [-0.1, -0.05) is 23.4 Å². The fourth-order valence-corrected chi connectivity index (χ4v) is 2.32. The SMILES string of the molecule is CN(C)C(=O)CSc1nc2ccc(Cl)cc2[nH]1. The van der Waals surface area contributed by atoms with Crippen LogP contribution in [0.4, 0.5) is 0 Å². The number of nitrogens with zero attached hydrogens (tertiary/aromatic N) is 2. The molecule has 2 rings (SSSR count). The van der Waals surface area contributed by atoms with Crippen molar-refractivity contribution in [1.82, 2.24) is 14.9 Å². The molecule has 4 nitrogen and oxygen atoms in total. The smallest absolute Gasteiger partial charge is 0.232 e. The Balaban J connectivity index is 2.12. The number of halogens is 1. The summed E-state index contributed by atoms with van der Waals surface area (Å²) in [6, 6.07) is 5.47. The van der Waals surface area contributed by atoms with Crippen molar-refractivity contribution in [3.63, 3.8) is 0 Å². The number of imidazole rings is 1. The number of aromatic nitrogens is 2. The highest BCUT2D eigenvalue weighted by Crippen LogP contribution is 2.22. The number of carbonyl (C=O) groups excluding carboxylic acids is 1. The highest BCUT2D eigenvalue weighted by molar-refractivity contribution is 7.99. The molecule has 17 heavy (non-hydrogen) atoms. The molecule has 1 N–H and O–H groups in total. The van der Waals surface area contributed by atoms with E-state index in [2.05, 4.69) is 9.97 Å². The molecule has 0 spiro atoms. The van der Waals surface area contributed by atoms with Gasteiger partial charge in [-0.05, 0) is 18.2 Å². The zero-order valence-electron chi connectivity index (χ0n) is 9.53. The van der Waals surface area contributed by atoms with Gasteiger partial charge in [-0.2, -0.15) is 0 Å². The Hall–Kier alpha value is -1.20. The van der Waals surface area contributed by atoms with Crippen molar-refractivity contribution in [2.24, 2.45) is 0 Å². The molecule has 0 saturated heterocycles. The number of rotatable bonds is 3. The summed E-state index contributed by atoms with van der Waals surface area (Å²) < 4.78 is 0. The molecule has 0 aliphatic rings. The first kappa shape index (κ1) is 12.3. The van der Waals surface area contributed by atoms with Crippen molar-refractivity contribution < 1.29 is 4.79 Å². The monoisotopic (exact) mass is 269 g/mol. The molecule has 0 fully saturated rings. The molecule has 1 aromatic heterocycles. The standard InChI is InChI=1S/C11H12ClN3OS/c1-15(2)10(16)6-17-11-13-8-4-3-7(12)5-9(8)14-11/h3-5H,6H2,1-2H3,(H,13,14). The number of aromatic amines is 1. The van der Waals surface area contributed by atoms with Crippen LogP contribution in [0, 0.1) is 0 Å². The van der Waals surface area contributed by atoms with E-state index in [1.54, 1.807) is 25.1 Å². The third-order valence-electron chi connectivity index (χ3n) is 2.25. The summed E-state index contributed by atoms with van der Waals surface area (Å²) >= 11 is 7.27. The van der Waals surface area contributed by atoms with E-state index in [0.717, 1.165) is 16.2 Å². The summed E-state index contributed by atoms with van der Waals surface area (Å²) in [5.41, 5.74) is 1.74. The summed E-state index contributed by atoms with van der Waals surface area (Å²) in [5.74, 6) is 0.439. The first-order valence-electron chi connectivity index (χ1n) is 5.04. The molecule has 0 bridgehead atoms. The fourth-order valence-electron chi connectivity index (χ4n) is 1.29. The van der Waals surface area contributed by atoms with Crippen LogP contribution in [-0.2, 0) is 4.79 Å². The minimum Gasteiger partial charge on any atom is -0.348 e. The number of carbonyl (C=O) groups is 1. The second-order valence-electron chi connectivity index (χ2n) is 3.78. The van der Waals surface area contributed by atoms with Crippen LogP contribution in [-0.4, -0.2) is 40.6 Å². The largest absolute Gasteiger partial charge is 0.348 e. The molecule has 0 atom stereocenters. The zero-order valence-corrected chi connectivity index (χ0v) is 11.1. The average molecular weight is 270 g/mol. The number of hydrogen-bond donors (Lipinski definition) is 1. The van der Waals surface area contributed by atoms with Crippen LogP contribution < -0.4 is 0 Å². The summed E-state index contributed by atoms with van der Waals surface area (Å²) in [4.78, 5) is 20.5. The minimum atomic E-state index is 0.0634. The van der Waals surface area contributed by atoms with E-state index in [0.29, 0.717) is 10.8 Å². The van der Waals surface area contributed by atoms with E-state index in [4.69, 9.17) is 11.6 Å². The Labute approximate surface area is 108 Å². The van der Waals surface area contributed by atoms with E-state index in [1.807, 2.05) is 12.1 Å². The number of thioether (sulfide) groups is 1. The third kappa shape index (κ3) is 2.92. The van der Waals surface area contributed by atoms with Gasteiger partial charge in [0.15, 0.2) is 5.16 Å². The van der Waals surface area contributed by atoms with Crippen LogP contribution in [0.15, 0.2) is 23.4 Å². The van der Waals surface area contributed by atoms with Gasteiger partial charge >= 0.3 is 0 Å². The maximum atomic E-state index is 11.4. The van der Waals surface area contributed by atoms with Gasteiger partial charge in [0, 0.05) is 19.1 Å². The highest BCUT2D eigenvalue weighted by Gasteiger charge is 2.08. The van der Waals surface area contributed by atoms with E-state index in [-0.39, 0.29) is 5.91 Å². The Morgan fingerprint density at radius 1 is 1.53 bits per heavy atom. The molecule has 1 heterocycles. The Morgan fingerprint density at radius 3 is 3.00 bits per heavy atom. The molecular weight excluding hydrogens is 258 g/mol. The summed E-state index contributed by atoms with van der Waals surface area (Å²) in [6.45, 7) is 0. The van der Waals surface area contributed by atoms with E-state index in [9.17, 15) is 4.79 Å². The highest BCUT2D eigenvalue weighted by atomic mass is 35.5. The maximum absolute atomic E-state index is 11.4. The van der Waals surface area contributed by atoms with Gasteiger partial charge in [-0.25, -0.2) is 4.98 Å². The van der Waals surface area contributed by atoms with Gasteiger partial charge < -0.3 is 9.88 Å². The first-order valence-corrected chi connectivity index (χ1v) is 6.41. The Bertz CT molecular complexity index is 553. The summed E-state index contributed by atoms with van der Waals surface area (Å²) in [7, 11) is 3.47. The average Bonchev–Trinajstić information content (AvgIpc) is 2.67. The second-order valence-corrected chi connectivity index (χ2v) is 5.18. The first-order chi connectivity index (χ1) is 8.06. The van der Waals surface area contributed by atoms with Gasteiger partial charge in [0.2, 0.25) is 5.91 Å². The zero-order chi connectivity index (χ0) is 12.4. The number of nitrogens with one attached hydrogen (secondary N) is 1. The lowest BCUT2D eigenvalue weighted by atomic mass is 10.3. The van der Waals surface area contributed by atoms with E-state index in [1.165, 1.54) is 11.8 Å². The van der Waals surface area contributed by atoms with Crippen molar-refractivity contribution in [1.29, 1.82) is 0 Å². The third-order valence-corrected chi connectivity index (χ3v) is 3.35. The molecule has 90 valence electrons. The normalized spacial score (nSPS) is 10.8. The predicted octanol–water partition coefficient (Wildman–Crippen LogP) is 2.40. The van der Waals surface area contributed by atoms with Crippen molar-refractivity contribution in [2.75, 3.05) is 19.8 Å². The van der Waals surface area contributed by atoms with Gasteiger partial charge in [0.25, 0.3) is 0 Å². The predicted molar refractivity (Wildman–Crippen MR) is 70.5 cm³/mol. The molecule has 0 saturated carbocycles. The Morgan fingerprint density at radius 2 is 2.29 bits per heavy atom. The molecule has 6 heteroatoms. The molecular formula is C11H12ClN3OS. The molecule has 1 aromatic carbocycles. The number of hydrogen-bond acceptors (Lipinski definition) is 3. The summed E-state index contributed by atoms with van der Waals surface area (Å²) in [5, 5.41) is 1.40. The molecule has 0 unspecified atom stereocenters. The van der Waals surface area contributed by atoms with Crippen LogP contribution in [0.3, 0.4) is 0 Å². The molecule has 0 aliphatic carbocycles. The van der Waals surface area contributed by atoms with Crippen LogP contribution in [0.5, 0.6) is 0 Å². The molecule has 0 radical (unpaired) electrons. The van der Waals surface area contributed by atoms with Crippen LogP contribution in [0.1, 0.15) is 0 Å². The number of amides is 1. The van der Waals surface area contributed by atoms with E-state index < -0.39 is 0 Å². The molecule has 0 aliphatic heterocycles. The number of benzene rings is 1. The van der Waals surface area contributed by atoms with Crippen LogP contribution >= 0.6 is 23.4 Å². The maximum Gasteiger partial charge on any atom is 0.232 e. The quantitative estimate of drug-likeness (QED) is 0.871. The van der Waals surface area contributed by atoms with Gasteiger partial charge in [0.1, 0.15) is 0 Å².